The molecule has 0 aromatic heterocycles. The molecular formula is C31H28ClN3O4S2. The molecule has 41 heavy (non-hydrogen) atoms. The van der Waals surface area contributed by atoms with Crippen molar-refractivity contribution in [3.63, 3.8) is 0 Å². The van der Waals surface area contributed by atoms with Gasteiger partial charge in [-0.25, -0.2) is 8.42 Å². The maximum absolute atomic E-state index is 12.9. The number of halogens is 1. The third kappa shape index (κ3) is 6.75. The zero-order valence-corrected chi connectivity index (χ0v) is 24.6. The van der Waals surface area contributed by atoms with E-state index in [1.165, 1.54) is 29.8 Å². The van der Waals surface area contributed by atoms with Crippen LogP contribution in [0.15, 0.2) is 102 Å². The smallest absolute Gasteiger partial charge is 0.261 e. The highest BCUT2D eigenvalue weighted by Gasteiger charge is 2.32. The summed E-state index contributed by atoms with van der Waals surface area (Å²) in [5.74, 6) is 0.221. The Bertz CT molecular complexity index is 1660. The summed E-state index contributed by atoms with van der Waals surface area (Å²) in [4.78, 5) is 27.4. The summed E-state index contributed by atoms with van der Waals surface area (Å²) in [6.07, 6.45) is 0.778. The number of thioether (sulfide) groups is 1. The molecule has 0 aliphatic carbocycles. The number of nitrogens with one attached hydrogen (secondary N) is 2. The molecule has 1 heterocycles. The zero-order chi connectivity index (χ0) is 29.0. The third-order valence-corrected chi connectivity index (χ3v) is 9.89. The average molecular weight is 606 g/mol. The van der Waals surface area contributed by atoms with E-state index in [-0.39, 0.29) is 22.1 Å². The van der Waals surface area contributed by atoms with Crippen molar-refractivity contribution >= 4 is 56.6 Å². The normalized spacial score (nSPS) is 15.1. The van der Waals surface area contributed by atoms with Crippen molar-refractivity contribution in [3.05, 3.63) is 124 Å². The Morgan fingerprint density at radius 3 is 2.37 bits per heavy atom. The molecule has 210 valence electrons. The van der Waals surface area contributed by atoms with Crippen molar-refractivity contribution in [1.29, 1.82) is 0 Å². The Hall–Kier alpha value is -3.79. The van der Waals surface area contributed by atoms with Gasteiger partial charge in [0.2, 0.25) is 5.91 Å². The van der Waals surface area contributed by atoms with Crippen molar-refractivity contribution < 1.29 is 18.0 Å². The van der Waals surface area contributed by atoms with Gasteiger partial charge in [-0.15, -0.1) is 11.8 Å². The monoisotopic (exact) mass is 605 g/mol. The molecule has 0 saturated carbocycles. The standard InChI is InChI=1S/C31H28ClN3O4S2/c1-21-27(32)8-5-9-28(21)34-41(38,39)26-16-14-25(15-17-26)33-30(37)23-10-12-24(13-11-23)31-35(29(36)20-40-31)19-18-22-6-3-2-4-7-22/h2-17,31,34H,18-20H2,1H3,(H,33,37)/t31-/m1/s1. The lowest BCUT2D eigenvalue weighted by Gasteiger charge is -2.24. The third-order valence-electron chi connectivity index (χ3n) is 6.84. The highest BCUT2D eigenvalue weighted by molar-refractivity contribution is 8.00. The van der Waals surface area contributed by atoms with Crippen LogP contribution in [0, 0.1) is 6.92 Å². The minimum absolute atomic E-state index is 0.0552. The quantitative estimate of drug-likeness (QED) is 0.226. The maximum atomic E-state index is 12.9. The highest BCUT2D eigenvalue weighted by atomic mass is 35.5. The van der Waals surface area contributed by atoms with E-state index in [1.807, 2.05) is 35.2 Å². The summed E-state index contributed by atoms with van der Waals surface area (Å²) in [7, 11) is -3.84. The molecule has 0 radical (unpaired) electrons. The molecule has 1 atom stereocenters. The second kappa shape index (κ2) is 12.4. The van der Waals surface area contributed by atoms with Crippen molar-refractivity contribution in [2.45, 2.75) is 23.6 Å². The van der Waals surface area contributed by atoms with Crippen LogP contribution in [0.1, 0.15) is 32.4 Å². The molecule has 1 saturated heterocycles. The molecule has 7 nitrogen and oxygen atoms in total. The summed E-state index contributed by atoms with van der Waals surface area (Å²) < 4.78 is 28.3. The Labute approximate surface area is 249 Å². The summed E-state index contributed by atoms with van der Waals surface area (Å²) >= 11 is 7.69. The molecule has 1 fully saturated rings. The van der Waals surface area contributed by atoms with Crippen LogP contribution in [0.25, 0.3) is 0 Å². The predicted octanol–water partition coefficient (Wildman–Crippen LogP) is 6.52. The molecule has 4 aromatic rings. The fourth-order valence-electron chi connectivity index (χ4n) is 4.51. The van der Waals surface area contributed by atoms with E-state index in [9.17, 15) is 18.0 Å². The number of benzene rings is 4. The van der Waals surface area contributed by atoms with Crippen molar-refractivity contribution in [3.8, 4) is 0 Å². The van der Waals surface area contributed by atoms with Crippen LogP contribution in [-0.4, -0.2) is 37.4 Å². The molecule has 10 heteroatoms. The Morgan fingerprint density at radius 2 is 1.66 bits per heavy atom. The summed E-state index contributed by atoms with van der Waals surface area (Å²) in [5.41, 5.74) is 4.09. The molecular weight excluding hydrogens is 578 g/mol. The highest BCUT2D eigenvalue weighted by Crippen LogP contribution is 2.38. The molecule has 0 unspecified atom stereocenters. The number of carbonyl (C=O) groups excluding carboxylic acids is 2. The van der Waals surface area contributed by atoms with Crippen LogP contribution in [0.4, 0.5) is 11.4 Å². The van der Waals surface area contributed by atoms with Crippen molar-refractivity contribution in [2.24, 2.45) is 0 Å². The molecule has 0 spiro atoms. The maximum Gasteiger partial charge on any atom is 0.261 e. The molecule has 4 aromatic carbocycles. The van der Waals surface area contributed by atoms with E-state index in [0.29, 0.717) is 39.8 Å². The number of sulfonamides is 1. The van der Waals surface area contributed by atoms with Gasteiger partial charge in [-0.3, -0.25) is 14.3 Å². The minimum atomic E-state index is -3.84. The van der Waals surface area contributed by atoms with Gasteiger partial charge >= 0.3 is 0 Å². The van der Waals surface area contributed by atoms with Gasteiger partial charge in [0.15, 0.2) is 0 Å². The van der Waals surface area contributed by atoms with Crippen LogP contribution in [0.2, 0.25) is 5.02 Å². The second-order valence-corrected chi connectivity index (χ2v) is 12.8. The van der Waals surface area contributed by atoms with Crippen molar-refractivity contribution in [1.82, 2.24) is 4.90 Å². The fraction of sp³-hybridized carbons (Fsp3) is 0.161. The summed E-state index contributed by atoms with van der Waals surface area (Å²) in [6.45, 7) is 2.36. The van der Waals surface area contributed by atoms with E-state index >= 15 is 0 Å². The molecule has 1 aliphatic rings. The van der Waals surface area contributed by atoms with Gasteiger partial charge in [-0.05, 0) is 78.6 Å². The van der Waals surface area contributed by atoms with Gasteiger partial charge in [0.25, 0.3) is 15.9 Å². The van der Waals surface area contributed by atoms with E-state index in [0.717, 1.165) is 12.0 Å². The largest absolute Gasteiger partial charge is 0.326 e. The fourth-order valence-corrected chi connectivity index (χ4v) is 7.02. The first-order valence-corrected chi connectivity index (χ1v) is 15.9. The van der Waals surface area contributed by atoms with Crippen LogP contribution in [0.5, 0.6) is 0 Å². The van der Waals surface area contributed by atoms with Crippen LogP contribution < -0.4 is 10.0 Å². The molecule has 5 rings (SSSR count). The van der Waals surface area contributed by atoms with E-state index in [4.69, 9.17) is 11.6 Å². The zero-order valence-electron chi connectivity index (χ0n) is 22.2. The second-order valence-electron chi connectivity index (χ2n) is 9.60. The van der Waals surface area contributed by atoms with Gasteiger partial charge in [0.05, 0.1) is 16.3 Å². The lowest BCUT2D eigenvalue weighted by atomic mass is 10.1. The average Bonchev–Trinajstić information content (AvgIpc) is 3.35. The van der Waals surface area contributed by atoms with E-state index < -0.39 is 10.0 Å². The molecule has 1 aliphatic heterocycles. The van der Waals surface area contributed by atoms with Crippen LogP contribution in [-0.2, 0) is 21.2 Å². The van der Waals surface area contributed by atoms with E-state index in [1.54, 1.807) is 49.0 Å². The number of nitrogens with zero attached hydrogens (tertiary/aromatic N) is 1. The van der Waals surface area contributed by atoms with Gasteiger partial charge in [0.1, 0.15) is 5.37 Å². The SMILES string of the molecule is Cc1c(Cl)cccc1NS(=O)(=O)c1ccc(NC(=O)c2ccc([C@H]3SCC(=O)N3CCc3ccccc3)cc2)cc1. The lowest BCUT2D eigenvalue weighted by Crippen LogP contribution is -2.30. The number of carbonyl (C=O) groups is 2. The summed E-state index contributed by atoms with van der Waals surface area (Å²) in [6, 6.07) is 28.2. The summed E-state index contributed by atoms with van der Waals surface area (Å²) in [5, 5.41) is 3.17. The number of hydrogen-bond donors (Lipinski definition) is 2. The minimum Gasteiger partial charge on any atom is -0.326 e. The number of rotatable bonds is 9. The molecule has 2 N–H and O–H groups in total. The van der Waals surface area contributed by atoms with Crippen molar-refractivity contribution in [2.75, 3.05) is 22.3 Å². The Balaban J connectivity index is 1.21. The van der Waals surface area contributed by atoms with Gasteiger partial charge in [-0.1, -0.05) is 60.1 Å². The van der Waals surface area contributed by atoms with Gasteiger partial charge in [0, 0.05) is 22.8 Å². The number of anilines is 2. The first-order chi connectivity index (χ1) is 19.7. The molecule has 2 amide bonds. The topological polar surface area (TPSA) is 95.6 Å². The predicted molar refractivity (Wildman–Crippen MR) is 165 cm³/mol. The van der Waals surface area contributed by atoms with Crippen LogP contribution in [0.3, 0.4) is 0 Å². The van der Waals surface area contributed by atoms with E-state index in [2.05, 4.69) is 22.2 Å². The lowest BCUT2D eigenvalue weighted by molar-refractivity contribution is -0.128. The van der Waals surface area contributed by atoms with Gasteiger partial charge < -0.3 is 10.2 Å². The molecule has 0 bridgehead atoms. The Kier molecular flexibility index (Phi) is 8.68. The Morgan fingerprint density at radius 1 is 0.951 bits per heavy atom. The van der Waals surface area contributed by atoms with Gasteiger partial charge in [-0.2, -0.15) is 0 Å². The number of hydrogen-bond acceptors (Lipinski definition) is 5. The number of amides is 2. The first-order valence-electron chi connectivity index (χ1n) is 13.0. The first kappa shape index (κ1) is 28.7. The van der Waals surface area contributed by atoms with Crippen LogP contribution >= 0.6 is 23.4 Å².